The molecule has 0 spiro atoms. The third kappa shape index (κ3) is 5.90. The first-order valence-corrected chi connectivity index (χ1v) is 11.0. The zero-order valence-electron chi connectivity index (χ0n) is 18.2. The van der Waals surface area contributed by atoms with Crippen LogP contribution < -0.4 is 15.8 Å². The van der Waals surface area contributed by atoms with Crippen LogP contribution in [0.2, 0.25) is 5.02 Å². The van der Waals surface area contributed by atoms with Crippen LogP contribution in [0.1, 0.15) is 21.6 Å². The molecule has 4 aromatic rings. The number of hydrogen-bond donors (Lipinski definition) is 2. The second kappa shape index (κ2) is 10.2. The molecule has 0 radical (unpaired) electrons. The number of amides is 1. The van der Waals surface area contributed by atoms with Crippen molar-refractivity contribution in [2.75, 3.05) is 17.7 Å². The third-order valence-electron chi connectivity index (χ3n) is 5.14. The van der Waals surface area contributed by atoms with Crippen molar-refractivity contribution in [3.63, 3.8) is 0 Å². The Hall–Kier alpha value is -3.83. The molecule has 1 aromatic heterocycles. The molecule has 0 saturated carbocycles. The van der Waals surface area contributed by atoms with Crippen molar-refractivity contribution in [1.82, 2.24) is 4.98 Å². The van der Waals surface area contributed by atoms with Crippen LogP contribution in [0.5, 0.6) is 5.75 Å². The number of nitrogens with zero attached hydrogens (tertiary/aromatic N) is 1. The maximum absolute atomic E-state index is 13.1. The monoisotopic (exact) mass is 457 g/mol. The van der Waals surface area contributed by atoms with Crippen LogP contribution in [0, 0.1) is 6.92 Å². The standard InChI is InChI=1S/C27H24ClN3O2/c1-18-5-14-24(19-6-8-20(28)9-7-19)25(17-18)27(32)31-22-10-12-23(13-11-22)33-16-15-21-3-2-4-26(29)30-21/h2-14,17H,15-16H2,1H3,(H2,29,30)(H,31,32). The lowest BCUT2D eigenvalue weighted by molar-refractivity contribution is 0.102. The largest absolute Gasteiger partial charge is 0.493 e. The fourth-order valence-corrected chi connectivity index (χ4v) is 3.60. The molecule has 0 aliphatic carbocycles. The molecule has 166 valence electrons. The number of anilines is 2. The fraction of sp³-hybridized carbons (Fsp3) is 0.111. The lowest BCUT2D eigenvalue weighted by Crippen LogP contribution is -2.13. The van der Waals surface area contributed by atoms with Gasteiger partial charge in [-0.3, -0.25) is 4.79 Å². The first kappa shape index (κ1) is 22.4. The lowest BCUT2D eigenvalue weighted by Gasteiger charge is -2.12. The number of rotatable bonds is 7. The summed E-state index contributed by atoms with van der Waals surface area (Å²) in [5.41, 5.74) is 10.7. The first-order valence-electron chi connectivity index (χ1n) is 10.6. The van der Waals surface area contributed by atoms with Gasteiger partial charge in [-0.05, 0) is 72.6 Å². The van der Waals surface area contributed by atoms with Gasteiger partial charge in [0.1, 0.15) is 11.6 Å². The van der Waals surface area contributed by atoms with Crippen molar-refractivity contribution >= 4 is 29.0 Å². The van der Waals surface area contributed by atoms with E-state index in [0.29, 0.717) is 40.9 Å². The summed E-state index contributed by atoms with van der Waals surface area (Å²) >= 11 is 6.02. The highest BCUT2D eigenvalue weighted by molar-refractivity contribution is 6.30. The van der Waals surface area contributed by atoms with Crippen molar-refractivity contribution in [2.24, 2.45) is 0 Å². The average molecular weight is 458 g/mol. The number of carbonyl (C=O) groups is 1. The molecule has 3 aromatic carbocycles. The van der Waals surface area contributed by atoms with Gasteiger partial charge in [0.05, 0.1) is 6.61 Å². The van der Waals surface area contributed by atoms with E-state index in [0.717, 1.165) is 22.4 Å². The Balaban J connectivity index is 1.41. The smallest absolute Gasteiger partial charge is 0.256 e. The summed E-state index contributed by atoms with van der Waals surface area (Å²) < 4.78 is 5.79. The molecule has 0 unspecified atom stereocenters. The highest BCUT2D eigenvalue weighted by Crippen LogP contribution is 2.27. The number of aromatic nitrogens is 1. The number of carbonyl (C=O) groups excluding carboxylic acids is 1. The minimum Gasteiger partial charge on any atom is -0.493 e. The minimum absolute atomic E-state index is 0.176. The van der Waals surface area contributed by atoms with Gasteiger partial charge in [0.2, 0.25) is 0 Å². The summed E-state index contributed by atoms with van der Waals surface area (Å²) in [5.74, 6) is 1.04. The number of hydrogen-bond acceptors (Lipinski definition) is 4. The zero-order chi connectivity index (χ0) is 23.2. The van der Waals surface area contributed by atoms with Gasteiger partial charge in [0.15, 0.2) is 0 Å². The zero-order valence-corrected chi connectivity index (χ0v) is 19.0. The van der Waals surface area contributed by atoms with Crippen molar-refractivity contribution in [2.45, 2.75) is 13.3 Å². The SMILES string of the molecule is Cc1ccc(-c2ccc(Cl)cc2)c(C(=O)Nc2ccc(OCCc3cccc(N)n3)cc2)c1. The van der Waals surface area contributed by atoms with Gasteiger partial charge >= 0.3 is 0 Å². The number of nitrogens with two attached hydrogens (primary N) is 1. The molecule has 3 N–H and O–H groups in total. The molecule has 0 atom stereocenters. The van der Waals surface area contributed by atoms with E-state index in [1.165, 1.54) is 0 Å². The second-order valence-electron chi connectivity index (χ2n) is 7.69. The fourth-order valence-electron chi connectivity index (χ4n) is 3.47. The Labute approximate surface area is 198 Å². The van der Waals surface area contributed by atoms with E-state index in [1.807, 2.05) is 85.8 Å². The van der Waals surface area contributed by atoms with E-state index >= 15 is 0 Å². The van der Waals surface area contributed by atoms with Crippen LogP contribution in [-0.4, -0.2) is 17.5 Å². The number of pyridine rings is 1. The number of halogens is 1. The Morgan fingerprint density at radius 1 is 1.00 bits per heavy atom. The maximum Gasteiger partial charge on any atom is 0.256 e. The van der Waals surface area contributed by atoms with Crippen LogP contribution in [0.3, 0.4) is 0 Å². The van der Waals surface area contributed by atoms with Gasteiger partial charge in [0, 0.05) is 28.4 Å². The van der Waals surface area contributed by atoms with Crippen molar-refractivity contribution in [3.05, 3.63) is 107 Å². The summed E-state index contributed by atoms with van der Waals surface area (Å²) in [5, 5.41) is 3.63. The van der Waals surface area contributed by atoms with Gasteiger partial charge in [-0.1, -0.05) is 47.5 Å². The maximum atomic E-state index is 13.1. The van der Waals surface area contributed by atoms with E-state index in [1.54, 1.807) is 6.07 Å². The molecule has 33 heavy (non-hydrogen) atoms. The van der Waals surface area contributed by atoms with Crippen LogP contribution in [0.15, 0.2) is 84.9 Å². The van der Waals surface area contributed by atoms with Crippen LogP contribution in [0.4, 0.5) is 11.5 Å². The predicted octanol–water partition coefficient (Wildman–Crippen LogP) is 6.17. The summed E-state index contributed by atoms with van der Waals surface area (Å²) in [7, 11) is 0. The van der Waals surface area contributed by atoms with Crippen LogP contribution >= 0.6 is 11.6 Å². The minimum atomic E-state index is -0.176. The predicted molar refractivity (Wildman–Crippen MR) is 134 cm³/mol. The van der Waals surface area contributed by atoms with E-state index in [-0.39, 0.29) is 5.91 Å². The molecular formula is C27H24ClN3O2. The topological polar surface area (TPSA) is 77.2 Å². The molecule has 6 heteroatoms. The molecule has 5 nitrogen and oxygen atoms in total. The Morgan fingerprint density at radius 2 is 1.76 bits per heavy atom. The van der Waals surface area contributed by atoms with E-state index in [9.17, 15) is 4.79 Å². The quantitative estimate of drug-likeness (QED) is 0.348. The first-order chi connectivity index (χ1) is 16.0. The molecule has 0 fully saturated rings. The van der Waals surface area contributed by atoms with Gasteiger partial charge in [0.25, 0.3) is 5.91 Å². The molecule has 0 saturated heterocycles. The van der Waals surface area contributed by atoms with Crippen LogP contribution in [0.25, 0.3) is 11.1 Å². The Morgan fingerprint density at radius 3 is 2.48 bits per heavy atom. The van der Waals surface area contributed by atoms with Gasteiger partial charge in [-0.2, -0.15) is 0 Å². The molecular weight excluding hydrogens is 434 g/mol. The van der Waals surface area contributed by atoms with Gasteiger partial charge in [-0.25, -0.2) is 4.98 Å². The lowest BCUT2D eigenvalue weighted by atomic mass is 9.97. The second-order valence-corrected chi connectivity index (χ2v) is 8.12. The normalized spacial score (nSPS) is 10.6. The highest BCUT2D eigenvalue weighted by Gasteiger charge is 2.14. The molecule has 1 amide bonds. The molecule has 1 heterocycles. The van der Waals surface area contributed by atoms with Crippen molar-refractivity contribution in [1.29, 1.82) is 0 Å². The van der Waals surface area contributed by atoms with Crippen LogP contribution in [-0.2, 0) is 6.42 Å². The van der Waals surface area contributed by atoms with E-state index < -0.39 is 0 Å². The number of ether oxygens (including phenoxy) is 1. The molecule has 0 aliphatic rings. The van der Waals surface area contributed by atoms with E-state index in [2.05, 4.69) is 10.3 Å². The van der Waals surface area contributed by atoms with Gasteiger partial charge < -0.3 is 15.8 Å². The Bertz CT molecular complexity index is 1260. The molecule has 0 aliphatic heterocycles. The number of benzene rings is 3. The molecule has 0 bridgehead atoms. The number of nitrogens with one attached hydrogen (secondary N) is 1. The molecule has 4 rings (SSSR count). The summed E-state index contributed by atoms with van der Waals surface area (Å²) in [6.45, 7) is 2.45. The summed E-state index contributed by atoms with van der Waals surface area (Å²) in [4.78, 5) is 17.3. The highest BCUT2D eigenvalue weighted by atomic mass is 35.5. The third-order valence-corrected chi connectivity index (χ3v) is 5.39. The van der Waals surface area contributed by atoms with Gasteiger partial charge in [-0.15, -0.1) is 0 Å². The summed E-state index contributed by atoms with van der Waals surface area (Å²) in [6, 6.07) is 26.2. The average Bonchev–Trinajstić information content (AvgIpc) is 2.81. The Kier molecular flexibility index (Phi) is 6.91. The summed E-state index contributed by atoms with van der Waals surface area (Å²) in [6.07, 6.45) is 0.657. The van der Waals surface area contributed by atoms with E-state index in [4.69, 9.17) is 22.1 Å². The van der Waals surface area contributed by atoms with Crippen molar-refractivity contribution in [3.8, 4) is 16.9 Å². The van der Waals surface area contributed by atoms with Crippen molar-refractivity contribution < 1.29 is 9.53 Å². The number of nitrogen functional groups attached to an aromatic ring is 1. The number of aryl methyl sites for hydroxylation is 1.